The van der Waals surface area contributed by atoms with Crippen LogP contribution < -0.4 is 10.2 Å². The van der Waals surface area contributed by atoms with Crippen LogP contribution in [0.15, 0.2) is 41.9 Å². The monoisotopic (exact) mass is 429 g/mol. The third-order valence-electron chi connectivity index (χ3n) is 4.49. The number of hydrogen-bond donors (Lipinski definition) is 1. The molecule has 0 unspecified atom stereocenters. The van der Waals surface area contributed by atoms with Gasteiger partial charge in [-0.25, -0.2) is 9.78 Å². The summed E-state index contributed by atoms with van der Waals surface area (Å²) in [5, 5.41) is 5.58. The van der Waals surface area contributed by atoms with E-state index in [4.69, 9.17) is 9.47 Å². The number of aromatic nitrogens is 1. The van der Waals surface area contributed by atoms with E-state index in [0.717, 1.165) is 28.7 Å². The van der Waals surface area contributed by atoms with Crippen molar-refractivity contribution in [1.29, 1.82) is 0 Å². The number of rotatable bonds is 5. The SMILES string of the molecule is COC(=O)c1cc(N2CCOCC2)ccc1NC(=O)c1cnc(-c2cccs2)s1. The summed E-state index contributed by atoms with van der Waals surface area (Å²) in [5.41, 5.74) is 1.61. The molecule has 0 bridgehead atoms. The predicted molar refractivity (Wildman–Crippen MR) is 114 cm³/mol. The van der Waals surface area contributed by atoms with E-state index in [1.54, 1.807) is 29.7 Å². The lowest BCUT2D eigenvalue weighted by molar-refractivity contribution is 0.0602. The molecule has 2 aromatic heterocycles. The Hall–Kier alpha value is -2.75. The molecule has 1 fully saturated rings. The number of ether oxygens (including phenoxy) is 2. The average Bonchev–Trinajstić information content (AvgIpc) is 3.46. The zero-order chi connectivity index (χ0) is 20.2. The molecule has 0 aliphatic carbocycles. The van der Waals surface area contributed by atoms with E-state index in [1.807, 2.05) is 23.6 Å². The second-order valence-electron chi connectivity index (χ2n) is 6.28. The molecule has 1 saturated heterocycles. The topological polar surface area (TPSA) is 80.8 Å². The van der Waals surface area contributed by atoms with Crippen LogP contribution in [0.3, 0.4) is 0 Å². The van der Waals surface area contributed by atoms with E-state index >= 15 is 0 Å². The molecular weight excluding hydrogens is 410 g/mol. The number of esters is 1. The molecule has 1 aliphatic rings. The number of amides is 1. The van der Waals surface area contributed by atoms with Crippen molar-refractivity contribution in [2.24, 2.45) is 0 Å². The summed E-state index contributed by atoms with van der Waals surface area (Å²) < 4.78 is 10.3. The lowest BCUT2D eigenvalue weighted by Gasteiger charge is -2.29. The number of hydrogen-bond acceptors (Lipinski definition) is 8. The van der Waals surface area contributed by atoms with Gasteiger partial charge in [0.2, 0.25) is 0 Å². The minimum Gasteiger partial charge on any atom is -0.465 e. The largest absolute Gasteiger partial charge is 0.465 e. The molecule has 29 heavy (non-hydrogen) atoms. The highest BCUT2D eigenvalue weighted by Crippen LogP contribution is 2.30. The number of anilines is 2. The molecule has 1 N–H and O–H groups in total. The van der Waals surface area contributed by atoms with Gasteiger partial charge in [-0.1, -0.05) is 6.07 Å². The molecule has 0 atom stereocenters. The number of morpholine rings is 1. The summed E-state index contributed by atoms with van der Waals surface area (Å²) >= 11 is 2.88. The van der Waals surface area contributed by atoms with Gasteiger partial charge in [0.15, 0.2) is 0 Å². The summed E-state index contributed by atoms with van der Waals surface area (Å²) in [4.78, 5) is 33.0. The summed E-state index contributed by atoms with van der Waals surface area (Å²) in [6.45, 7) is 2.78. The fourth-order valence-corrected chi connectivity index (χ4v) is 4.63. The minimum atomic E-state index is -0.501. The Kier molecular flexibility index (Phi) is 5.89. The van der Waals surface area contributed by atoms with E-state index in [1.165, 1.54) is 18.4 Å². The van der Waals surface area contributed by atoms with Crippen LogP contribution in [0.2, 0.25) is 0 Å². The Bertz CT molecular complexity index is 1010. The van der Waals surface area contributed by atoms with E-state index in [0.29, 0.717) is 29.3 Å². The van der Waals surface area contributed by atoms with Crippen molar-refractivity contribution in [3.8, 4) is 9.88 Å². The van der Waals surface area contributed by atoms with Gasteiger partial charge in [-0.3, -0.25) is 4.79 Å². The summed E-state index contributed by atoms with van der Waals surface area (Å²) in [6, 6.07) is 9.27. The Morgan fingerprint density at radius 3 is 2.79 bits per heavy atom. The fraction of sp³-hybridized carbons (Fsp3) is 0.250. The molecule has 1 aromatic carbocycles. The number of thiophene rings is 1. The van der Waals surface area contributed by atoms with E-state index in [-0.39, 0.29) is 5.91 Å². The quantitative estimate of drug-likeness (QED) is 0.622. The summed E-state index contributed by atoms with van der Waals surface area (Å²) in [6.07, 6.45) is 1.55. The van der Waals surface area contributed by atoms with E-state index in [9.17, 15) is 9.59 Å². The molecule has 3 aromatic rings. The number of benzene rings is 1. The number of methoxy groups -OCH3 is 1. The third kappa shape index (κ3) is 4.31. The molecule has 3 heterocycles. The lowest BCUT2D eigenvalue weighted by Crippen LogP contribution is -2.36. The van der Waals surface area contributed by atoms with Gasteiger partial charge in [-0.15, -0.1) is 22.7 Å². The first-order valence-corrected chi connectivity index (χ1v) is 10.7. The first-order chi connectivity index (χ1) is 14.2. The van der Waals surface area contributed by atoms with Crippen LogP contribution in [0.25, 0.3) is 9.88 Å². The zero-order valence-electron chi connectivity index (χ0n) is 15.7. The van der Waals surface area contributed by atoms with Crippen molar-refractivity contribution in [1.82, 2.24) is 4.98 Å². The zero-order valence-corrected chi connectivity index (χ0v) is 17.3. The van der Waals surface area contributed by atoms with Crippen molar-refractivity contribution >= 4 is 45.9 Å². The van der Waals surface area contributed by atoms with Gasteiger partial charge in [0.05, 0.1) is 42.6 Å². The van der Waals surface area contributed by atoms with Crippen molar-refractivity contribution in [2.75, 3.05) is 43.6 Å². The number of carbonyl (C=O) groups excluding carboxylic acids is 2. The maximum absolute atomic E-state index is 12.7. The summed E-state index contributed by atoms with van der Waals surface area (Å²) in [5.74, 6) is -0.812. The molecule has 0 saturated carbocycles. The van der Waals surface area contributed by atoms with Gasteiger partial charge in [0.25, 0.3) is 5.91 Å². The van der Waals surface area contributed by atoms with Crippen molar-refractivity contribution in [3.63, 3.8) is 0 Å². The van der Waals surface area contributed by atoms with Crippen LogP contribution in [0.1, 0.15) is 20.0 Å². The molecule has 0 radical (unpaired) electrons. The van der Waals surface area contributed by atoms with E-state index < -0.39 is 5.97 Å². The van der Waals surface area contributed by atoms with Gasteiger partial charge in [0, 0.05) is 18.8 Å². The normalized spacial score (nSPS) is 13.9. The van der Waals surface area contributed by atoms with Crippen LogP contribution >= 0.6 is 22.7 Å². The second kappa shape index (κ2) is 8.73. The number of nitrogens with one attached hydrogen (secondary N) is 1. The first kappa shape index (κ1) is 19.6. The van der Waals surface area contributed by atoms with Crippen LogP contribution in [-0.4, -0.2) is 50.3 Å². The lowest BCUT2D eigenvalue weighted by atomic mass is 10.1. The van der Waals surface area contributed by atoms with Gasteiger partial charge in [0.1, 0.15) is 9.88 Å². The highest BCUT2D eigenvalue weighted by Gasteiger charge is 2.20. The maximum Gasteiger partial charge on any atom is 0.340 e. The molecule has 4 rings (SSSR count). The molecule has 1 aliphatic heterocycles. The van der Waals surface area contributed by atoms with Crippen molar-refractivity contribution in [3.05, 3.63) is 52.3 Å². The highest BCUT2D eigenvalue weighted by atomic mass is 32.1. The van der Waals surface area contributed by atoms with Crippen LogP contribution in [0, 0.1) is 0 Å². The first-order valence-electron chi connectivity index (χ1n) is 9.02. The second-order valence-corrected chi connectivity index (χ2v) is 8.26. The molecule has 1 amide bonds. The summed E-state index contributed by atoms with van der Waals surface area (Å²) in [7, 11) is 1.33. The van der Waals surface area contributed by atoms with Crippen LogP contribution in [0.5, 0.6) is 0 Å². The Labute approximate surface area is 175 Å². The smallest absolute Gasteiger partial charge is 0.340 e. The van der Waals surface area contributed by atoms with Crippen LogP contribution in [0.4, 0.5) is 11.4 Å². The Balaban J connectivity index is 1.57. The average molecular weight is 430 g/mol. The minimum absolute atomic E-state index is 0.311. The third-order valence-corrected chi connectivity index (χ3v) is 6.53. The molecular formula is C20H19N3O4S2. The van der Waals surface area contributed by atoms with Crippen molar-refractivity contribution < 1.29 is 19.1 Å². The molecule has 150 valence electrons. The van der Waals surface area contributed by atoms with Gasteiger partial charge in [-0.05, 0) is 29.6 Å². The fourth-order valence-electron chi connectivity index (χ4n) is 3.02. The maximum atomic E-state index is 12.7. The van der Waals surface area contributed by atoms with Crippen LogP contribution in [-0.2, 0) is 9.47 Å². The van der Waals surface area contributed by atoms with Crippen molar-refractivity contribution in [2.45, 2.75) is 0 Å². The Morgan fingerprint density at radius 2 is 2.07 bits per heavy atom. The molecule has 9 heteroatoms. The van der Waals surface area contributed by atoms with Gasteiger partial charge in [-0.2, -0.15) is 0 Å². The number of carbonyl (C=O) groups is 2. The standard InChI is InChI=1S/C20H19N3O4S2/c1-26-20(25)14-11-13(23-6-8-27-9-7-23)4-5-15(14)22-18(24)17-12-21-19(29-17)16-3-2-10-28-16/h2-5,10-12H,6-9H2,1H3,(H,22,24). The number of thiazole rings is 1. The molecule has 7 nitrogen and oxygen atoms in total. The predicted octanol–water partition coefficient (Wildman–Crippen LogP) is 3.75. The number of nitrogens with zero attached hydrogens (tertiary/aromatic N) is 2. The highest BCUT2D eigenvalue weighted by molar-refractivity contribution is 7.22. The Morgan fingerprint density at radius 1 is 1.24 bits per heavy atom. The van der Waals surface area contributed by atoms with E-state index in [2.05, 4.69) is 15.2 Å². The van der Waals surface area contributed by atoms with Gasteiger partial charge >= 0.3 is 5.97 Å². The van der Waals surface area contributed by atoms with Gasteiger partial charge < -0.3 is 19.7 Å². The molecule has 0 spiro atoms.